The van der Waals surface area contributed by atoms with Gasteiger partial charge in [0.25, 0.3) is 0 Å². The van der Waals surface area contributed by atoms with E-state index >= 15 is 0 Å². The van der Waals surface area contributed by atoms with E-state index in [4.69, 9.17) is 11.6 Å². The average Bonchev–Trinajstić information content (AvgIpc) is 2.38. The second kappa shape index (κ2) is 5.06. The number of nitrogens with one attached hydrogen (secondary N) is 1. The molecule has 0 fully saturated rings. The second-order valence-electron chi connectivity index (χ2n) is 4.67. The van der Waals surface area contributed by atoms with Gasteiger partial charge in [-0.15, -0.1) is 0 Å². The Balaban J connectivity index is 2.08. The number of anilines is 3. The predicted octanol–water partition coefficient (Wildman–Crippen LogP) is 4.97. The van der Waals surface area contributed by atoms with Crippen LogP contribution in [0, 0.1) is 6.92 Å². The van der Waals surface area contributed by atoms with E-state index in [1.807, 2.05) is 12.1 Å². The van der Waals surface area contributed by atoms with Crippen molar-refractivity contribution >= 4 is 44.6 Å². The Hall–Kier alpha value is -1.19. The monoisotopic (exact) mass is 336 g/mol. The fourth-order valence-electron chi connectivity index (χ4n) is 2.48. The summed E-state index contributed by atoms with van der Waals surface area (Å²) >= 11 is 9.55. The van der Waals surface area contributed by atoms with Crippen LogP contribution in [0.15, 0.2) is 40.9 Å². The Bertz CT molecular complexity index is 628. The van der Waals surface area contributed by atoms with Crippen molar-refractivity contribution in [3.05, 3.63) is 51.5 Å². The number of hydrogen-bond acceptors (Lipinski definition) is 2. The summed E-state index contributed by atoms with van der Waals surface area (Å²) in [6.07, 6.45) is 0. The van der Waals surface area contributed by atoms with Crippen LogP contribution in [0.5, 0.6) is 0 Å². The van der Waals surface area contributed by atoms with Crippen molar-refractivity contribution in [3.8, 4) is 0 Å². The highest BCUT2D eigenvalue weighted by Gasteiger charge is 2.19. The minimum absolute atomic E-state index is 0.785. The topological polar surface area (TPSA) is 15.3 Å². The minimum atomic E-state index is 0.785. The summed E-state index contributed by atoms with van der Waals surface area (Å²) in [4.78, 5) is 2.34. The van der Waals surface area contributed by atoms with Crippen LogP contribution in [0.1, 0.15) is 5.56 Å². The summed E-state index contributed by atoms with van der Waals surface area (Å²) in [6, 6.07) is 12.4. The molecule has 2 aromatic rings. The van der Waals surface area contributed by atoms with Gasteiger partial charge in [0.2, 0.25) is 0 Å². The van der Waals surface area contributed by atoms with Crippen LogP contribution in [0.3, 0.4) is 0 Å². The average molecular weight is 338 g/mol. The van der Waals surface area contributed by atoms with Gasteiger partial charge in [0.15, 0.2) is 0 Å². The number of aryl methyl sites for hydroxylation is 1. The first-order valence-corrected chi connectivity index (χ1v) is 7.39. The van der Waals surface area contributed by atoms with Crippen LogP contribution in [0.25, 0.3) is 0 Å². The van der Waals surface area contributed by atoms with Gasteiger partial charge in [-0.25, -0.2) is 0 Å². The van der Waals surface area contributed by atoms with Gasteiger partial charge >= 0.3 is 0 Å². The maximum Gasteiger partial charge on any atom is 0.0648 e. The Labute approximate surface area is 126 Å². The highest BCUT2D eigenvalue weighted by Crippen LogP contribution is 2.38. The predicted molar refractivity (Wildman–Crippen MR) is 85.8 cm³/mol. The number of benzene rings is 2. The van der Waals surface area contributed by atoms with E-state index in [-0.39, 0.29) is 0 Å². The minimum Gasteiger partial charge on any atom is -0.382 e. The molecule has 3 rings (SSSR count). The van der Waals surface area contributed by atoms with Crippen molar-refractivity contribution < 1.29 is 0 Å². The first-order chi connectivity index (χ1) is 9.15. The summed E-state index contributed by atoms with van der Waals surface area (Å²) in [5.74, 6) is 0. The highest BCUT2D eigenvalue weighted by molar-refractivity contribution is 9.10. The Kier molecular flexibility index (Phi) is 3.42. The molecule has 1 heterocycles. The normalized spacial score (nSPS) is 13.9. The van der Waals surface area contributed by atoms with Crippen molar-refractivity contribution in [3.63, 3.8) is 0 Å². The number of rotatable bonds is 1. The lowest BCUT2D eigenvalue weighted by molar-refractivity contribution is 0.922. The molecule has 4 heteroatoms. The van der Waals surface area contributed by atoms with E-state index in [1.54, 1.807) is 0 Å². The number of halogens is 2. The number of fused-ring (bicyclic) bond motifs is 1. The van der Waals surface area contributed by atoms with Gasteiger partial charge in [0.1, 0.15) is 0 Å². The molecule has 0 saturated heterocycles. The SMILES string of the molecule is Cc1cc(Cl)ccc1N1CCNc2cc(Br)ccc21. The van der Waals surface area contributed by atoms with E-state index < -0.39 is 0 Å². The third kappa shape index (κ3) is 2.45. The molecule has 0 atom stereocenters. The van der Waals surface area contributed by atoms with E-state index in [2.05, 4.69) is 57.3 Å². The van der Waals surface area contributed by atoms with Gasteiger partial charge in [0.05, 0.1) is 11.4 Å². The first kappa shape index (κ1) is 12.8. The molecule has 0 saturated carbocycles. The molecule has 2 nitrogen and oxygen atoms in total. The lowest BCUT2D eigenvalue weighted by Crippen LogP contribution is -2.30. The highest BCUT2D eigenvalue weighted by atomic mass is 79.9. The molecular formula is C15H14BrClN2. The van der Waals surface area contributed by atoms with Crippen molar-refractivity contribution in [2.75, 3.05) is 23.3 Å². The molecule has 0 radical (unpaired) electrons. The molecule has 98 valence electrons. The van der Waals surface area contributed by atoms with E-state index in [0.29, 0.717) is 0 Å². The Morgan fingerprint density at radius 3 is 2.74 bits per heavy atom. The molecule has 0 unspecified atom stereocenters. The zero-order chi connectivity index (χ0) is 13.4. The van der Waals surface area contributed by atoms with Crippen LogP contribution in [0.2, 0.25) is 5.02 Å². The Morgan fingerprint density at radius 1 is 1.16 bits per heavy atom. The molecule has 1 aliphatic heterocycles. The standard InChI is InChI=1S/C15H14BrClN2/c1-10-8-12(17)3-5-14(10)19-7-6-18-13-9-11(16)2-4-15(13)19/h2-5,8-9,18H,6-7H2,1H3. The molecule has 2 aromatic carbocycles. The smallest absolute Gasteiger partial charge is 0.0648 e. The Morgan fingerprint density at radius 2 is 1.95 bits per heavy atom. The lowest BCUT2D eigenvalue weighted by Gasteiger charge is -2.33. The summed E-state index contributed by atoms with van der Waals surface area (Å²) in [5, 5.41) is 4.22. The summed E-state index contributed by atoms with van der Waals surface area (Å²) in [6.45, 7) is 3.99. The number of hydrogen-bond donors (Lipinski definition) is 1. The molecule has 0 amide bonds. The van der Waals surface area contributed by atoms with Crippen molar-refractivity contribution in [2.45, 2.75) is 6.92 Å². The molecule has 0 aromatic heterocycles. The van der Waals surface area contributed by atoms with Gasteiger partial charge in [-0.1, -0.05) is 27.5 Å². The third-order valence-corrected chi connectivity index (χ3v) is 4.08. The molecule has 0 spiro atoms. The van der Waals surface area contributed by atoms with Crippen molar-refractivity contribution in [1.82, 2.24) is 0 Å². The maximum atomic E-state index is 6.04. The fraction of sp³-hybridized carbons (Fsp3) is 0.200. The van der Waals surface area contributed by atoms with Gasteiger partial charge in [0, 0.05) is 28.3 Å². The van der Waals surface area contributed by atoms with Crippen LogP contribution < -0.4 is 10.2 Å². The van der Waals surface area contributed by atoms with E-state index in [9.17, 15) is 0 Å². The quantitative estimate of drug-likeness (QED) is 0.790. The van der Waals surface area contributed by atoms with Gasteiger partial charge < -0.3 is 10.2 Å². The largest absolute Gasteiger partial charge is 0.382 e. The molecule has 19 heavy (non-hydrogen) atoms. The van der Waals surface area contributed by atoms with Crippen molar-refractivity contribution in [1.29, 1.82) is 0 Å². The molecule has 1 aliphatic rings. The maximum absolute atomic E-state index is 6.04. The molecular weight excluding hydrogens is 324 g/mol. The summed E-state index contributed by atoms with van der Waals surface area (Å²) in [7, 11) is 0. The lowest BCUT2D eigenvalue weighted by atomic mass is 10.1. The second-order valence-corrected chi connectivity index (χ2v) is 6.02. The molecule has 0 aliphatic carbocycles. The van der Waals surface area contributed by atoms with Gasteiger partial charge in [-0.05, 0) is 48.9 Å². The van der Waals surface area contributed by atoms with Crippen molar-refractivity contribution in [2.24, 2.45) is 0 Å². The van der Waals surface area contributed by atoms with Crippen LogP contribution in [-0.4, -0.2) is 13.1 Å². The van der Waals surface area contributed by atoms with E-state index in [1.165, 1.54) is 16.9 Å². The van der Waals surface area contributed by atoms with Crippen LogP contribution >= 0.6 is 27.5 Å². The van der Waals surface area contributed by atoms with Crippen LogP contribution in [0.4, 0.5) is 17.1 Å². The van der Waals surface area contributed by atoms with E-state index in [0.717, 1.165) is 28.3 Å². The summed E-state index contributed by atoms with van der Waals surface area (Å²) in [5.41, 5.74) is 4.78. The first-order valence-electron chi connectivity index (χ1n) is 6.22. The van der Waals surface area contributed by atoms with Gasteiger partial charge in [-0.3, -0.25) is 0 Å². The van der Waals surface area contributed by atoms with Crippen LogP contribution in [-0.2, 0) is 0 Å². The zero-order valence-electron chi connectivity index (χ0n) is 10.6. The summed E-state index contributed by atoms with van der Waals surface area (Å²) < 4.78 is 1.09. The fourth-order valence-corrected chi connectivity index (χ4v) is 3.07. The third-order valence-electron chi connectivity index (χ3n) is 3.35. The number of nitrogens with zero attached hydrogens (tertiary/aromatic N) is 1. The van der Waals surface area contributed by atoms with Gasteiger partial charge in [-0.2, -0.15) is 0 Å². The molecule has 0 bridgehead atoms. The molecule has 1 N–H and O–H groups in total. The zero-order valence-corrected chi connectivity index (χ0v) is 12.9.